The number of benzene rings is 1. The molecule has 1 aromatic heterocycles. The fraction of sp³-hybridized carbons (Fsp3) is 0.154. The van der Waals surface area contributed by atoms with Crippen molar-refractivity contribution >= 4 is 55.1 Å². The lowest BCUT2D eigenvalue weighted by Crippen LogP contribution is -2.05. The highest BCUT2D eigenvalue weighted by atomic mass is 79.9. The van der Waals surface area contributed by atoms with Gasteiger partial charge in [-0.25, -0.2) is 0 Å². The van der Waals surface area contributed by atoms with Gasteiger partial charge in [-0.3, -0.25) is 4.98 Å². The number of rotatable bonds is 3. The van der Waals surface area contributed by atoms with Gasteiger partial charge >= 0.3 is 0 Å². The molecule has 2 rings (SSSR count). The fourth-order valence-corrected chi connectivity index (χ4v) is 3.33. The molecule has 0 aliphatic carbocycles. The minimum absolute atomic E-state index is 0.354. The van der Waals surface area contributed by atoms with Crippen LogP contribution in [0, 0.1) is 0 Å². The van der Waals surface area contributed by atoms with Crippen molar-refractivity contribution in [1.82, 2.24) is 4.98 Å². The molecule has 1 unspecified atom stereocenters. The summed E-state index contributed by atoms with van der Waals surface area (Å²) in [6, 6.07) is 7.20. The first kappa shape index (κ1) is 15.3. The molecular weight excluding hydrogens is 417 g/mol. The number of aromatic nitrogens is 1. The van der Waals surface area contributed by atoms with Crippen molar-refractivity contribution in [2.75, 3.05) is 0 Å². The van der Waals surface area contributed by atoms with E-state index in [1.807, 2.05) is 12.1 Å². The summed E-state index contributed by atoms with van der Waals surface area (Å²) in [5.74, 6) is 0. The summed E-state index contributed by atoms with van der Waals surface area (Å²) in [4.78, 5) is 4.21. The van der Waals surface area contributed by atoms with Crippen LogP contribution in [0.15, 0.2) is 39.4 Å². The normalized spacial score (nSPS) is 12.5. The first-order valence-corrected chi connectivity index (χ1v) is 7.75. The Labute approximate surface area is 138 Å². The first-order chi connectivity index (χ1) is 8.99. The third-order valence-electron chi connectivity index (χ3n) is 2.60. The Kier molecular flexibility index (Phi) is 5.26. The maximum absolute atomic E-state index is 10.3. The van der Waals surface area contributed by atoms with Crippen LogP contribution in [0.25, 0.3) is 0 Å². The Morgan fingerprint density at radius 3 is 2.68 bits per heavy atom. The average molecular weight is 426 g/mol. The van der Waals surface area contributed by atoms with Crippen LogP contribution in [0.2, 0.25) is 10.0 Å². The summed E-state index contributed by atoms with van der Waals surface area (Å²) >= 11 is 18.8. The van der Waals surface area contributed by atoms with E-state index in [9.17, 15) is 5.11 Å². The summed E-state index contributed by atoms with van der Waals surface area (Å²) in [6.45, 7) is 0. The molecule has 2 aromatic rings. The molecule has 6 heteroatoms. The molecule has 1 heterocycles. The van der Waals surface area contributed by atoms with Gasteiger partial charge in [-0.15, -0.1) is 0 Å². The molecule has 0 aliphatic rings. The van der Waals surface area contributed by atoms with Crippen molar-refractivity contribution in [1.29, 1.82) is 0 Å². The van der Waals surface area contributed by atoms with Crippen molar-refractivity contribution in [2.24, 2.45) is 0 Å². The van der Waals surface area contributed by atoms with Gasteiger partial charge in [0.25, 0.3) is 0 Å². The lowest BCUT2D eigenvalue weighted by molar-refractivity contribution is 0.173. The van der Waals surface area contributed by atoms with Gasteiger partial charge in [0.15, 0.2) is 0 Å². The number of hydrogen-bond acceptors (Lipinski definition) is 2. The number of aliphatic hydroxyl groups excluding tert-OH is 1. The van der Waals surface area contributed by atoms with Gasteiger partial charge in [-0.1, -0.05) is 35.3 Å². The number of pyridine rings is 1. The summed E-state index contributed by atoms with van der Waals surface area (Å²) in [7, 11) is 0. The predicted molar refractivity (Wildman–Crippen MR) is 84.8 cm³/mol. The lowest BCUT2D eigenvalue weighted by atomic mass is 10.1. The summed E-state index contributed by atoms with van der Waals surface area (Å²) in [5.41, 5.74) is 1.36. The van der Waals surface area contributed by atoms with Crippen molar-refractivity contribution in [3.8, 4) is 0 Å². The highest BCUT2D eigenvalue weighted by Crippen LogP contribution is 2.31. The second-order valence-corrected chi connectivity index (χ2v) is 6.51. The zero-order valence-electron chi connectivity index (χ0n) is 9.58. The topological polar surface area (TPSA) is 33.1 Å². The van der Waals surface area contributed by atoms with Gasteiger partial charge < -0.3 is 5.11 Å². The summed E-state index contributed by atoms with van der Waals surface area (Å²) in [6.07, 6.45) is 1.24. The van der Waals surface area contributed by atoms with E-state index < -0.39 is 6.10 Å². The maximum Gasteiger partial charge on any atom is 0.101 e. The molecule has 1 aromatic carbocycles. The lowest BCUT2D eigenvalue weighted by Gasteiger charge is -2.13. The number of halogens is 4. The molecule has 100 valence electrons. The average Bonchev–Trinajstić information content (AvgIpc) is 2.34. The van der Waals surface area contributed by atoms with Crippen molar-refractivity contribution < 1.29 is 5.11 Å². The molecule has 2 nitrogen and oxygen atoms in total. The van der Waals surface area contributed by atoms with Crippen LogP contribution < -0.4 is 0 Å². The monoisotopic (exact) mass is 423 g/mol. The maximum atomic E-state index is 10.3. The molecule has 0 bridgehead atoms. The quantitative estimate of drug-likeness (QED) is 0.734. The molecule has 1 N–H and O–H groups in total. The van der Waals surface area contributed by atoms with E-state index in [0.29, 0.717) is 22.2 Å². The van der Waals surface area contributed by atoms with Crippen molar-refractivity contribution in [2.45, 2.75) is 12.5 Å². The molecule has 0 spiro atoms. The first-order valence-electron chi connectivity index (χ1n) is 5.41. The summed E-state index contributed by atoms with van der Waals surface area (Å²) in [5, 5.41) is 11.2. The second-order valence-electron chi connectivity index (χ2n) is 3.95. The Balaban J connectivity index is 2.25. The highest BCUT2D eigenvalue weighted by Gasteiger charge is 2.16. The van der Waals surface area contributed by atoms with E-state index in [1.165, 1.54) is 0 Å². The van der Waals surface area contributed by atoms with E-state index in [1.54, 1.807) is 18.3 Å². The van der Waals surface area contributed by atoms with Crippen LogP contribution >= 0.6 is 55.1 Å². The predicted octanol–water partition coefficient (Wildman–Crippen LogP) is 5.19. The standard InChI is InChI=1S/C13H9Br2Cl2NO/c14-8-5-9(15)13(18-6-8)11(19)4-7-2-1-3-10(16)12(7)17/h1-3,5-6,11,19H,4H2. The second kappa shape index (κ2) is 6.55. The Bertz CT molecular complexity index is 607. The zero-order chi connectivity index (χ0) is 14.0. The van der Waals surface area contributed by atoms with Gasteiger partial charge in [-0.2, -0.15) is 0 Å². The Morgan fingerprint density at radius 2 is 2.00 bits per heavy atom. The van der Waals surface area contributed by atoms with Crippen LogP contribution in [0.4, 0.5) is 0 Å². The fourth-order valence-electron chi connectivity index (χ4n) is 1.68. The molecule has 0 amide bonds. The minimum atomic E-state index is -0.751. The van der Waals surface area contributed by atoms with Crippen LogP contribution in [0.3, 0.4) is 0 Å². The molecule has 0 saturated carbocycles. The number of nitrogens with zero attached hydrogens (tertiary/aromatic N) is 1. The number of hydrogen-bond donors (Lipinski definition) is 1. The van der Waals surface area contributed by atoms with E-state index >= 15 is 0 Å². The summed E-state index contributed by atoms with van der Waals surface area (Å²) < 4.78 is 1.59. The van der Waals surface area contributed by atoms with Crippen LogP contribution in [0.1, 0.15) is 17.4 Å². The number of aliphatic hydroxyl groups is 1. The van der Waals surface area contributed by atoms with Gasteiger partial charge in [0.2, 0.25) is 0 Å². The van der Waals surface area contributed by atoms with Crippen molar-refractivity contribution in [3.63, 3.8) is 0 Å². The molecule has 1 atom stereocenters. The molecular formula is C13H9Br2Cl2NO. The van der Waals surface area contributed by atoms with E-state index in [-0.39, 0.29) is 0 Å². The SMILES string of the molecule is OC(Cc1cccc(Cl)c1Cl)c1ncc(Br)cc1Br. The molecule has 0 aliphatic heterocycles. The van der Waals surface area contributed by atoms with Gasteiger partial charge in [0.05, 0.1) is 15.7 Å². The minimum Gasteiger partial charge on any atom is -0.386 e. The third kappa shape index (κ3) is 3.70. The highest BCUT2D eigenvalue weighted by molar-refractivity contribution is 9.11. The van der Waals surface area contributed by atoms with E-state index in [0.717, 1.165) is 14.5 Å². The van der Waals surface area contributed by atoms with Gasteiger partial charge in [0.1, 0.15) is 6.10 Å². The Morgan fingerprint density at radius 1 is 1.26 bits per heavy atom. The van der Waals surface area contributed by atoms with E-state index in [2.05, 4.69) is 36.8 Å². The third-order valence-corrected chi connectivity index (χ3v) is 4.52. The van der Waals surface area contributed by atoms with Crippen LogP contribution in [0.5, 0.6) is 0 Å². The zero-order valence-corrected chi connectivity index (χ0v) is 14.3. The van der Waals surface area contributed by atoms with Crippen LogP contribution in [-0.4, -0.2) is 10.1 Å². The van der Waals surface area contributed by atoms with Gasteiger partial charge in [0, 0.05) is 21.6 Å². The largest absolute Gasteiger partial charge is 0.386 e. The molecule has 0 fully saturated rings. The molecule has 19 heavy (non-hydrogen) atoms. The van der Waals surface area contributed by atoms with E-state index in [4.69, 9.17) is 23.2 Å². The Hall–Kier alpha value is -0.130. The smallest absolute Gasteiger partial charge is 0.101 e. The van der Waals surface area contributed by atoms with Gasteiger partial charge in [-0.05, 0) is 49.6 Å². The molecule has 0 saturated heterocycles. The molecule has 0 radical (unpaired) electrons. The van der Waals surface area contributed by atoms with Crippen molar-refractivity contribution in [3.05, 3.63) is 60.7 Å². The van der Waals surface area contributed by atoms with Crippen LogP contribution in [-0.2, 0) is 6.42 Å².